The highest BCUT2D eigenvalue weighted by Gasteiger charge is 2.01. The topological polar surface area (TPSA) is 0 Å². The highest BCUT2D eigenvalue weighted by molar-refractivity contribution is 5.00. The van der Waals surface area contributed by atoms with Gasteiger partial charge in [0.05, 0.1) is 0 Å². The summed E-state index contributed by atoms with van der Waals surface area (Å²) in [6.45, 7) is 10.4. The maximum atomic E-state index is 3.74. The van der Waals surface area contributed by atoms with E-state index in [4.69, 9.17) is 0 Å². The van der Waals surface area contributed by atoms with E-state index in [-0.39, 0.29) is 0 Å². The lowest BCUT2D eigenvalue weighted by Gasteiger charge is -2.09. The highest BCUT2D eigenvalue weighted by atomic mass is 14.1. The van der Waals surface area contributed by atoms with E-state index in [1.165, 1.54) is 12.8 Å². The van der Waals surface area contributed by atoms with Crippen molar-refractivity contribution in [2.75, 3.05) is 0 Å². The molecule has 0 rings (SSSR count). The molecule has 0 heteroatoms. The average molecular weight is 152 g/mol. The second kappa shape index (κ2) is 6.21. The fraction of sp³-hybridized carbons (Fsp3) is 0.636. The Morgan fingerprint density at radius 2 is 2.18 bits per heavy atom. The molecule has 0 aromatic rings. The van der Waals surface area contributed by atoms with E-state index >= 15 is 0 Å². The van der Waals surface area contributed by atoms with E-state index in [1.807, 2.05) is 6.08 Å². The molecule has 0 heterocycles. The third-order valence-electron chi connectivity index (χ3n) is 2.04. The van der Waals surface area contributed by atoms with Crippen LogP contribution in [0.2, 0.25) is 0 Å². The van der Waals surface area contributed by atoms with Gasteiger partial charge in [0.25, 0.3) is 0 Å². The third kappa shape index (κ3) is 4.83. The van der Waals surface area contributed by atoms with Gasteiger partial charge < -0.3 is 0 Å². The number of hydrogen-bond acceptors (Lipinski definition) is 0. The molecule has 0 aliphatic carbocycles. The average Bonchev–Trinajstić information content (AvgIpc) is 2.01. The standard InChI is InChI=1S/C11H20/c1-5-8-10(4)9-11(6-2)7-3/h5-6,10H,1,7-9H2,2-4H3. The summed E-state index contributed by atoms with van der Waals surface area (Å²) in [6, 6.07) is 0. The Morgan fingerprint density at radius 1 is 1.55 bits per heavy atom. The number of rotatable bonds is 5. The fourth-order valence-electron chi connectivity index (χ4n) is 1.28. The zero-order valence-electron chi connectivity index (χ0n) is 8.06. The lowest BCUT2D eigenvalue weighted by atomic mass is 9.97. The van der Waals surface area contributed by atoms with Crippen molar-refractivity contribution in [2.24, 2.45) is 5.92 Å². The van der Waals surface area contributed by atoms with Crippen LogP contribution in [0.1, 0.15) is 40.0 Å². The van der Waals surface area contributed by atoms with Gasteiger partial charge in [0.2, 0.25) is 0 Å². The van der Waals surface area contributed by atoms with Crippen molar-refractivity contribution < 1.29 is 0 Å². The Morgan fingerprint density at radius 3 is 2.55 bits per heavy atom. The molecule has 0 saturated heterocycles. The summed E-state index contributed by atoms with van der Waals surface area (Å²) >= 11 is 0. The summed E-state index contributed by atoms with van der Waals surface area (Å²) < 4.78 is 0. The first-order valence-electron chi connectivity index (χ1n) is 4.49. The Kier molecular flexibility index (Phi) is 5.91. The van der Waals surface area contributed by atoms with Gasteiger partial charge in [0.1, 0.15) is 0 Å². The monoisotopic (exact) mass is 152 g/mol. The van der Waals surface area contributed by atoms with Gasteiger partial charge >= 0.3 is 0 Å². The second-order valence-electron chi connectivity index (χ2n) is 3.13. The fourth-order valence-corrected chi connectivity index (χ4v) is 1.28. The number of hydrogen-bond donors (Lipinski definition) is 0. The van der Waals surface area contributed by atoms with Crippen LogP contribution in [-0.4, -0.2) is 0 Å². The first kappa shape index (κ1) is 10.5. The Bertz CT molecular complexity index is 131. The summed E-state index contributed by atoms with van der Waals surface area (Å²) in [7, 11) is 0. The second-order valence-corrected chi connectivity index (χ2v) is 3.13. The van der Waals surface area contributed by atoms with Crippen LogP contribution in [0.15, 0.2) is 24.3 Å². The molecule has 0 radical (unpaired) electrons. The van der Waals surface area contributed by atoms with E-state index < -0.39 is 0 Å². The van der Waals surface area contributed by atoms with Gasteiger partial charge in [-0.2, -0.15) is 0 Å². The van der Waals surface area contributed by atoms with E-state index in [0.29, 0.717) is 0 Å². The maximum absolute atomic E-state index is 3.74. The molecule has 0 aliphatic rings. The molecule has 0 aliphatic heterocycles. The summed E-state index contributed by atoms with van der Waals surface area (Å²) in [5, 5.41) is 0. The molecule has 0 aromatic heterocycles. The molecule has 11 heavy (non-hydrogen) atoms. The van der Waals surface area contributed by atoms with Crippen molar-refractivity contribution in [3.63, 3.8) is 0 Å². The molecule has 0 N–H and O–H groups in total. The van der Waals surface area contributed by atoms with Gasteiger partial charge in [-0.15, -0.1) is 6.58 Å². The van der Waals surface area contributed by atoms with Crippen LogP contribution in [0.4, 0.5) is 0 Å². The van der Waals surface area contributed by atoms with Crippen molar-refractivity contribution in [3.05, 3.63) is 24.3 Å². The van der Waals surface area contributed by atoms with Crippen molar-refractivity contribution in [1.29, 1.82) is 0 Å². The van der Waals surface area contributed by atoms with E-state index in [2.05, 4.69) is 33.4 Å². The molecule has 0 fully saturated rings. The van der Waals surface area contributed by atoms with Crippen LogP contribution < -0.4 is 0 Å². The molecule has 0 bridgehead atoms. The van der Waals surface area contributed by atoms with Crippen LogP contribution in [0, 0.1) is 5.92 Å². The molecule has 0 nitrogen and oxygen atoms in total. The van der Waals surface area contributed by atoms with Crippen LogP contribution >= 0.6 is 0 Å². The normalized spacial score (nSPS) is 14.6. The third-order valence-corrected chi connectivity index (χ3v) is 2.04. The first-order chi connectivity index (χ1) is 5.24. The minimum absolute atomic E-state index is 0.763. The highest BCUT2D eigenvalue weighted by Crippen LogP contribution is 2.16. The molecule has 0 spiro atoms. The lowest BCUT2D eigenvalue weighted by molar-refractivity contribution is 0.577. The largest absolute Gasteiger partial charge is 0.103 e. The van der Waals surface area contributed by atoms with Gasteiger partial charge in [-0.25, -0.2) is 0 Å². The van der Waals surface area contributed by atoms with Gasteiger partial charge in [0, 0.05) is 0 Å². The summed E-state index contributed by atoms with van der Waals surface area (Å²) in [5.41, 5.74) is 1.57. The SMILES string of the molecule is C=CCC(C)CC(=CC)CC. The lowest BCUT2D eigenvalue weighted by Crippen LogP contribution is -1.94. The molecule has 0 aromatic carbocycles. The van der Waals surface area contributed by atoms with Crippen molar-refractivity contribution in [3.8, 4) is 0 Å². The molecule has 1 atom stereocenters. The smallest absolute Gasteiger partial charge is 0.0292 e. The summed E-state index contributed by atoms with van der Waals surface area (Å²) in [6.07, 6.45) is 7.81. The van der Waals surface area contributed by atoms with Crippen LogP contribution in [0.5, 0.6) is 0 Å². The van der Waals surface area contributed by atoms with Crippen molar-refractivity contribution in [2.45, 2.75) is 40.0 Å². The van der Waals surface area contributed by atoms with Crippen molar-refractivity contribution >= 4 is 0 Å². The number of allylic oxidation sites excluding steroid dienone is 3. The molecular weight excluding hydrogens is 132 g/mol. The minimum atomic E-state index is 0.763. The molecule has 1 unspecified atom stereocenters. The zero-order valence-corrected chi connectivity index (χ0v) is 8.06. The Hall–Kier alpha value is -0.520. The molecule has 64 valence electrons. The van der Waals surface area contributed by atoms with Crippen molar-refractivity contribution in [1.82, 2.24) is 0 Å². The summed E-state index contributed by atoms with van der Waals surface area (Å²) in [4.78, 5) is 0. The zero-order chi connectivity index (χ0) is 8.69. The Labute approximate surface area is 71.0 Å². The predicted octanol–water partition coefficient (Wildman–Crippen LogP) is 3.95. The summed E-state index contributed by atoms with van der Waals surface area (Å²) in [5.74, 6) is 0.763. The van der Waals surface area contributed by atoms with E-state index in [9.17, 15) is 0 Å². The molecular formula is C11H20. The van der Waals surface area contributed by atoms with E-state index in [0.717, 1.165) is 12.3 Å². The van der Waals surface area contributed by atoms with Gasteiger partial charge in [0.15, 0.2) is 0 Å². The van der Waals surface area contributed by atoms with Gasteiger partial charge in [-0.05, 0) is 32.1 Å². The Balaban J connectivity index is 3.71. The molecule has 0 amide bonds. The van der Waals surface area contributed by atoms with Gasteiger partial charge in [-0.1, -0.05) is 31.6 Å². The van der Waals surface area contributed by atoms with E-state index in [1.54, 1.807) is 5.57 Å². The molecule has 0 saturated carbocycles. The van der Waals surface area contributed by atoms with Crippen LogP contribution in [0.3, 0.4) is 0 Å². The predicted molar refractivity (Wildman–Crippen MR) is 52.6 cm³/mol. The first-order valence-corrected chi connectivity index (χ1v) is 4.49. The maximum Gasteiger partial charge on any atom is -0.0292 e. The minimum Gasteiger partial charge on any atom is -0.103 e. The van der Waals surface area contributed by atoms with Crippen LogP contribution in [-0.2, 0) is 0 Å². The van der Waals surface area contributed by atoms with Gasteiger partial charge in [-0.3, -0.25) is 0 Å². The quantitative estimate of drug-likeness (QED) is 0.523. The van der Waals surface area contributed by atoms with Crippen LogP contribution in [0.25, 0.3) is 0 Å².